The van der Waals surface area contributed by atoms with Gasteiger partial charge in [0.15, 0.2) is 5.78 Å². The number of ether oxygens (including phenoxy) is 1. The van der Waals surface area contributed by atoms with Crippen LogP contribution in [0, 0.1) is 0 Å². The van der Waals surface area contributed by atoms with Gasteiger partial charge in [0.05, 0.1) is 18.1 Å². The number of rotatable bonds is 10. The van der Waals surface area contributed by atoms with Crippen LogP contribution in [0.2, 0.25) is 0 Å². The molecule has 0 aliphatic heterocycles. The van der Waals surface area contributed by atoms with Crippen molar-refractivity contribution in [2.45, 2.75) is 38.4 Å². The summed E-state index contributed by atoms with van der Waals surface area (Å²) in [5.41, 5.74) is -0.629. The Morgan fingerprint density at radius 3 is 2.48 bits per heavy atom. The monoisotopic (exact) mass is 365 g/mol. The molecular weight excluding hydrogens is 348 g/mol. The first kappa shape index (κ1) is 19.5. The quantitative estimate of drug-likeness (QED) is 0.202. The fourth-order valence-corrected chi connectivity index (χ4v) is 3.08. The minimum atomic E-state index is -4.52. The molecule has 23 heavy (non-hydrogen) atoms. The summed E-state index contributed by atoms with van der Waals surface area (Å²) in [6.07, 6.45) is 1.15. The van der Waals surface area contributed by atoms with Crippen LogP contribution in [-0.2, 0) is 24.4 Å². The predicted octanol–water partition coefficient (Wildman–Crippen LogP) is 0.703. The molecule has 0 aromatic carbocycles. The van der Waals surface area contributed by atoms with E-state index in [-0.39, 0.29) is 46.7 Å². The van der Waals surface area contributed by atoms with Gasteiger partial charge in [0.25, 0.3) is 0 Å². The van der Waals surface area contributed by atoms with Gasteiger partial charge in [-0.1, -0.05) is 0 Å². The van der Waals surface area contributed by atoms with Crippen LogP contribution in [0.25, 0.3) is 0 Å². The van der Waals surface area contributed by atoms with Crippen LogP contribution in [0.1, 0.15) is 48.8 Å². The Hall–Kier alpha value is -1.59. The second kappa shape index (κ2) is 8.89. The lowest BCUT2D eigenvalue weighted by Gasteiger charge is -2.06. The van der Waals surface area contributed by atoms with Crippen molar-refractivity contribution < 1.29 is 27.3 Å². The molecule has 0 bridgehead atoms. The molecule has 1 rings (SSSR count). The summed E-state index contributed by atoms with van der Waals surface area (Å²) >= 11 is 0. The smallest absolute Gasteiger partial charge is 0.323 e. The Labute approximate surface area is 136 Å². The molecular formula is C12H17N2O7S2-. The molecule has 11 heteroatoms. The highest BCUT2D eigenvalue weighted by Gasteiger charge is 2.16. The molecule has 0 aliphatic carbocycles. The van der Waals surface area contributed by atoms with Crippen LogP contribution >= 0.6 is 10.8 Å². The number of carbonyl (C=O) groups excluding carboxylic acids is 2. The number of ketones is 1. The highest BCUT2D eigenvalue weighted by molar-refractivity contribution is 8.69. The fraction of sp³-hybridized carbons (Fsp3) is 0.583. The topological polar surface area (TPSA) is 149 Å². The minimum Gasteiger partial charge on any atom is -0.739 e. The third kappa shape index (κ3) is 7.48. The molecule has 0 spiro atoms. The maximum Gasteiger partial charge on any atom is 0.323 e. The predicted molar refractivity (Wildman–Crippen MR) is 81.8 cm³/mol. The summed E-state index contributed by atoms with van der Waals surface area (Å²) in [6.45, 7) is 2.00. The number of nitrogens with one attached hydrogen (secondary N) is 2. The van der Waals surface area contributed by atoms with Gasteiger partial charge in [-0.2, -0.15) is 0 Å². The Morgan fingerprint density at radius 2 is 1.87 bits per heavy atom. The number of esters is 1. The van der Waals surface area contributed by atoms with E-state index >= 15 is 0 Å². The van der Waals surface area contributed by atoms with Crippen LogP contribution in [0.4, 0.5) is 0 Å². The van der Waals surface area contributed by atoms with Crippen LogP contribution in [0.5, 0.6) is 0 Å². The molecule has 9 nitrogen and oxygen atoms in total. The summed E-state index contributed by atoms with van der Waals surface area (Å²) in [6, 6.07) is 0. The fourth-order valence-electron chi connectivity index (χ4n) is 1.81. The van der Waals surface area contributed by atoms with Gasteiger partial charge in [-0.25, -0.2) is 13.2 Å². The molecule has 0 saturated heterocycles. The zero-order valence-corrected chi connectivity index (χ0v) is 14.0. The zero-order chi connectivity index (χ0) is 17.5. The molecule has 1 heterocycles. The van der Waals surface area contributed by atoms with Crippen LogP contribution in [-0.4, -0.2) is 41.3 Å². The van der Waals surface area contributed by atoms with E-state index in [2.05, 4.69) is 9.97 Å². The molecule has 1 aromatic heterocycles. The van der Waals surface area contributed by atoms with Gasteiger partial charge < -0.3 is 19.3 Å². The van der Waals surface area contributed by atoms with E-state index in [9.17, 15) is 27.4 Å². The Bertz CT molecular complexity index is 705. The Morgan fingerprint density at radius 1 is 1.22 bits per heavy atom. The van der Waals surface area contributed by atoms with E-state index in [1.807, 2.05) is 0 Å². The van der Waals surface area contributed by atoms with Crippen LogP contribution in [0.15, 0.2) is 4.79 Å². The largest absolute Gasteiger partial charge is 0.739 e. The van der Waals surface area contributed by atoms with Crippen molar-refractivity contribution in [3.05, 3.63) is 21.9 Å². The number of Topliss-reactive ketones (excluding diaryl/α,β-unsaturated/α-hetero) is 1. The summed E-state index contributed by atoms with van der Waals surface area (Å²) in [5, 5.41) is 0. The van der Waals surface area contributed by atoms with Crippen molar-refractivity contribution in [3.63, 3.8) is 0 Å². The normalized spacial score (nSPS) is 11.4. The summed E-state index contributed by atoms with van der Waals surface area (Å²) in [7, 11) is -4.44. The van der Waals surface area contributed by atoms with E-state index in [0.29, 0.717) is 19.4 Å². The molecule has 0 radical (unpaired) electrons. The van der Waals surface area contributed by atoms with E-state index in [1.165, 1.54) is 0 Å². The standard InChI is InChI=1S/C12H18N2O7S2/c1-2-21-10(16)6-4-3-5-9(15)11-8(13-12(17)14-11)7-22-23(18,19)20/h2-7H2,1H3,(H2,13,14,17)(H,18,19,20)/p-1. The lowest BCUT2D eigenvalue weighted by molar-refractivity contribution is -0.143. The molecule has 2 N–H and O–H groups in total. The highest BCUT2D eigenvalue weighted by atomic mass is 33.1. The van der Waals surface area contributed by atoms with Gasteiger partial charge in [0.1, 0.15) is 14.8 Å². The number of H-pyrrole nitrogens is 2. The van der Waals surface area contributed by atoms with Crippen molar-refractivity contribution >= 4 is 31.7 Å². The summed E-state index contributed by atoms with van der Waals surface area (Å²) in [5.74, 6) is -1.06. The first-order valence-electron chi connectivity index (χ1n) is 6.83. The second-order valence-electron chi connectivity index (χ2n) is 4.54. The number of hydrogen-bond acceptors (Lipinski definition) is 8. The van der Waals surface area contributed by atoms with Crippen molar-refractivity contribution in [2.75, 3.05) is 6.61 Å². The highest BCUT2D eigenvalue weighted by Crippen LogP contribution is 2.18. The number of carbonyl (C=O) groups is 2. The second-order valence-corrected chi connectivity index (χ2v) is 7.81. The summed E-state index contributed by atoms with van der Waals surface area (Å²) < 4.78 is 36.5. The molecule has 0 atom stereocenters. The van der Waals surface area contributed by atoms with Gasteiger partial charge in [-0.05, 0) is 30.6 Å². The van der Waals surface area contributed by atoms with Crippen molar-refractivity contribution in [3.8, 4) is 0 Å². The van der Waals surface area contributed by atoms with Gasteiger partial charge in [-0.3, -0.25) is 9.59 Å². The maximum atomic E-state index is 12.0. The maximum absolute atomic E-state index is 12.0. The van der Waals surface area contributed by atoms with E-state index < -0.39 is 20.6 Å². The molecule has 0 aliphatic rings. The third-order valence-electron chi connectivity index (χ3n) is 2.77. The molecule has 0 fully saturated rings. The molecule has 0 unspecified atom stereocenters. The van der Waals surface area contributed by atoms with Gasteiger partial charge in [0, 0.05) is 12.8 Å². The molecule has 0 saturated carbocycles. The average Bonchev–Trinajstić information content (AvgIpc) is 2.82. The van der Waals surface area contributed by atoms with E-state index in [0.717, 1.165) is 0 Å². The SMILES string of the molecule is CCOC(=O)CCCCC(=O)c1[nH]c(=O)[nH]c1CSS(=O)(=O)[O-]. The first-order valence-corrected chi connectivity index (χ1v) is 9.74. The van der Waals surface area contributed by atoms with Gasteiger partial charge in [0.2, 0.25) is 0 Å². The van der Waals surface area contributed by atoms with Crippen molar-refractivity contribution in [2.24, 2.45) is 0 Å². The van der Waals surface area contributed by atoms with Gasteiger partial charge in [-0.15, -0.1) is 0 Å². The Kier molecular flexibility index (Phi) is 7.52. The Balaban J connectivity index is 2.56. The van der Waals surface area contributed by atoms with Crippen molar-refractivity contribution in [1.82, 2.24) is 9.97 Å². The lowest BCUT2D eigenvalue weighted by Crippen LogP contribution is -2.07. The number of aromatic nitrogens is 2. The number of aromatic amines is 2. The minimum absolute atomic E-state index is 0.0396. The van der Waals surface area contributed by atoms with Gasteiger partial charge >= 0.3 is 11.7 Å². The molecule has 130 valence electrons. The lowest BCUT2D eigenvalue weighted by atomic mass is 10.1. The molecule has 0 amide bonds. The van der Waals surface area contributed by atoms with E-state index in [1.54, 1.807) is 6.92 Å². The zero-order valence-electron chi connectivity index (χ0n) is 12.4. The van der Waals surface area contributed by atoms with E-state index in [4.69, 9.17) is 4.74 Å². The molecule has 1 aromatic rings. The number of imidazole rings is 1. The van der Waals surface area contributed by atoms with Crippen LogP contribution < -0.4 is 5.69 Å². The number of unbranched alkanes of at least 4 members (excludes halogenated alkanes) is 1. The summed E-state index contributed by atoms with van der Waals surface area (Å²) in [4.78, 5) is 39.0. The third-order valence-corrected chi connectivity index (χ3v) is 4.69. The number of hydrogen-bond donors (Lipinski definition) is 2. The van der Waals surface area contributed by atoms with Crippen LogP contribution in [0.3, 0.4) is 0 Å². The average molecular weight is 365 g/mol. The van der Waals surface area contributed by atoms with Crippen molar-refractivity contribution in [1.29, 1.82) is 0 Å². The first-order chi connectivity index (χ1) is 10.7.